The highest BCUT2D eigenvalue weighted by atomic mass is 35.5. The number of nitrogens with zero attached hydrogens (tertiary/aromatic N) is 4. The number of piperidine rings is 1. The maximum Gasteiger partial charge on any atom is 0.317 e. The van der Waals surface area contributed by atoms with Gasteiger partial charge < -0.3 is 10.0 Å². The molecule has 2 saturated heterocycles. The molecule has 0 atom stereocenters. The predicted molar refractivity (Wildman–Crippen MR) is 148 cm³/mol. The van der Waals surface area contributed by atoms with E-state index in [0.29, 0.717) is 27.8 Å². The van der Waals surface area contributed by atoms with Gasteiger partial charge in [0.1, 0.15) is 5.82 Å². The highest BCUT2D eigenvalue weighted by Gasteiger charge is 2.54. The van der Waals surface area contributed by atoms with Gasteiger partial charge in [-0.2, -0.15) is 4.98 Å². The molecule has 0 radical (unpaired) electrons. The number of carbonyl (C=O) groups is 1. The fraction of sp³-hybridized carbons (Fsp3) is 0.500. The van der Waals surface area contributed by atoms with Crippen LogP contribution in [0.2, 0.25) is 5.02 Å². The number of rotatable bonds is 4. The Morgan fingerprint density at radius 1 is 1.13 bits per heavy atom. The summed E-state index contributed by atoms with van der Waals surface area (Å²) in [7, 11) is 0. The smallest absolute Gasteiger partial charge is 0.317 e. The van der Waals surface area contributed by atoms with Gasteiger partial charge in [-0.05, 0) is 93.3 Å². The molecular weight excluding hydrogens is 500 g/mol. The fourth-order valence-electron chi connectivity index (χ4n) is 7.79. The van der Waals surface area contributed by atoms with Crippen molar-refractivity contribution in [3.63, 3.8) is 0 Å². The van der Waals surface area contributed by atoms with Crippen molar-refractivity contribution in [2.75, 3.05) is 32.7 Å². The van der Waals surface area contributed by atoms with Gasteiger partial charge in [-0.1, -0.05) is 29.8 Å². The molecule has 7 nitrogen and oxygen atoms in total. The van der Waals surface area contributed by atoms with E-state index in [2.05, 4.69) is 51.4 Å². The average Bonchev–Trinajstić information content (AvgIpc) is 3.06. The van der Waals surface area contributed by atoms with Gasteiger partial charge in [0.15, 0.2) is 0 Å². The first-order chi connectivity index (χ1) is 18.1. The lowest BCUT2D eigenvalue weighted by Gasteiger charge is -2.61. The Bertz CT molecular complexity index is 1520. The molecule has 1 N–H and O–H groups in total. The number of halogens is 1. The molecule has 0 unspecified atom stereocenters. The zero-order valence-corrected chi connectivity index (χ0v) is 22.7. The third-order valence-electron chi connectivity index (χ3n) is 9.69. The number of carboxylic acids is 1. The van der Waals surface area contributed by atoms with Crippen LogP contribution >= 0.6 is 11.6 Å². The Kier molecular flexibility index (Phi) is 5.36. The van der Waals surface area contributed by atoms with Crippen molar-refractivity contribution in [2.45, 2.75) is 56.9 Å². The molecule has 0 bridgehead atoms. The Balaban J connectivity index is 1.09. The van der Waals surface area contributed by atoms with Crippen LogP contribution in [0.4, 0.5) is 0 Å². The van der Waals surface area contributed by atoms with Gasteiger partial charge in [0.05, 0.1) is 33.6 Å². The Labute approximate surface area is 227 Å². The van der Waals surface area contributed by atoms with E-state index in [-0.39, 0.29) is 17.5 Å². The number of carboxylic acid groups (broad SMARTS) is 1. The minimum absolute atomic E-state index is 0.176. The highest BCUT2D eigenvalue weighted by Crippen LogP contribution is 2.51. The van der Waals surface area contributed by atoms with E-state index in [1.807, 2.05) is 12.1 Å². The van der Waals surface area contributed by atoms with E-state index in [4.69, 9.17) is 16.7 Å². The molecule has 1 saturated carbocycles. The summed E-state index contributed by atoms with van der Waals surface area (Å²) >= 11 is 6.44. The van der Waals surface area contributed by atoms with Crippen molar-refractivity contribution in [3.05, 3.63) is 68.7 Å². The molecule has 1 spiro atoms. The summed E-state index contributed by atoms with van der Waals surface area (Å²) in [6, 6.07) is 13.1. The lowest BCUT2D eigenvalue weighted by Crippen LogP contribution is -2.67. The van der Waals surface area contributed by atoms with Crippen LogP contribution in [0.15, 0.2) is 41.2 Å². The van der Waals surface area contributed by atoms with Crippen molar-refractivity contribution < 1.29 is 9.90 Å². The van der Waals surface area contributed by atoms with Crippen LogP contribution in [0.25, 0.3) is 16.6 Å². The van der Waals surface area contributed by atoms with E-state index in [1.165, 1.54) is 24.0 Å². The minimum atomic E-state index is -0.724. The van der Waals surface area contributed by atoms with Crippen molar-refractivity contribution in [3.8, 4) is 5.69 Å². The lowest BCUT2D eigenvalue weighted by atomic mass is 9.60. The molecule has 3 fully saturated rings. The van der Waals surface area contributed by atoms with Crippen molar-refractivity contribution in [1.82, 2.24) is 19.4 Å². The third kappa shape index (κ3) is 3.59. The van der Waals surface area contributed by atoms with E-state index < -0.39 is 5.97 Å². The number of aliphatic carboxylic acids is 1. The average molecular weight is 533 g/mol. The molecule has 4 aliphatic rings. The van der Waals surface area contributed by atoms with E-state index in [1.54, 1.807) is 6.07 Å². The molecule has 3 aromatic rings. The minimum Gasteiger partial charge on any atom is -0.480 e. The summed E-state index contributed by atoms with van der Waals surface area (Å²) in [5.74, 6) is 0.559. The lowest BCUT2D eigenvalue weighted by molar-refractivity contribution is -0.149. The van der Waals surface area contributed by atoms with Crippen LogP contribution in [-0.2, 0) is 10.2 Å². The van der Waals surface area contributed by atoms with Crippen LogP contribution in [-0.4, -0.2) is 69.2 Å². The van der Waals surface area contributed by atoms with Crippen molar-refractivity contribution in [1.29, 1.82) is 0 Å². The first kappa shape index (κ1) is 24.3. The fourth-order valence-corrected chi connectivity index (χ4v) is 8.04. The number of likely N-dealkylation sites (tertiary alicyclic amines) is 2. The summed E-state index contributed by atoms with van der Waals surface area (Å²) in [5.41, 5.74) is 4.22. The molecule has 3 aliphatic heterocycles. The first-order valence-corrected chi connectivity index (χ1v) is 14.1. The van der Waals surface area contributed by atoms with Crippen LogP contribution in [0, 0.1) is 5.41 Å². The standard InChI is InChI=1S/C30H33ClN4O3/c1-29(2)21-7-6-19(12-24(21)35-23-5-3-4-22(31)26(23)27(38)32-28(29)35)18-8-10-34(11-9-18)20-13-30(14-20)16-33(17-30)15-25(36)37/h3-7,12,18,20H,8-11,13-17H2,1-2H3,(H,36,37). The summed E-state index contributed by atoms with van der Waals surface area (Å²) in [5, 5.41) is 9.93. The van der Waals surface area contributed by atoms with Crippen LogP contribution in [0.5, 0.6) is 0 Å². The van der Waals surface area contributed by atoms with Gasteiger partial charge in [0, 0.05) is 19.1 Å². The van der Waals surface area contributed by atoms with E-state index >= 15 is 0 Å². The molecule has 1 aromatic heterocycles. The van der Waals surface area contributed by atoms with Gasteiger partial charge in [-0.3, -0.25) is 19.1 Å². The van der Waals surface area contributed by atoms with Gasteiger partial charge >= 0.3 is 5.97 Å². The Morgan fingerprint density at radius 2 is 1.87 bits per heavy atom. The summed E-state index contributed by atoms with van der Waals surface area (Å²) in [6.45, 7) is 8.56. The number of hydrogen-bond donors (Lipinski definition) is 1. The molecule has 38 heavy (non-hydrogen) atoms. The van der Waals surface area contributed by atoms with Gasteiger partial charge in [-0.15, -0.1) is 0 Å². The zero-order valence-electron chi connectivity index (χ0n) is 21.9. The van der Waals surface area contributed by atoms with Crippen LogP contribution in [0.3, 0.4) is 0 Å². The molecule has 1 aliphatic carbocycles. The predicted octanol–water partition coefficient (Wildman–Crippen LogP) is 4.41. The molecule has 8 heteroatoms. The second-order valence-electron chi connectivity index (χ2n) is 12.5. The number of benzene rings is 2. The maximum absolute atomic E-state index is 12.9. The van der Waals surface area contributed by atoms with Gasteiger partial charge in [0.25, 0.3) is 5.56 Å². The molecule has 4 heterocycles. The largest absolute Gasteiger partial charge is 0.480 e. The SMILES string of the molecule is CC1(C)c2ccc(C3CCN(C4CC5(C4)CN(CC(=O)O)C5)CC3)cc2-n2c1nc(=O)c1c(Cl)cccc12. The van der Waals surface area contributed by atoms with Crippen molar-refractivity contribution >= 4 is 28.5 Å². The van der Waals surface area contributed by atoms with Gasteiger partial charge in [0.2, 0.25) is 0 Å². The molecule has 0 amide bonds. The topological polar surface area (TPSA) is 78.7 Å². The van der Waals surface area contributed by atoms with Crippen LogP contribution < -0.4 is 5.56 Å². The summed E-state index contributed by atoms with van der Waals surface area (Å²) < 4.78 is 2.15. The Hall–Kier alpha value is -2.74. The first-order valence-electron chi connectivity index (χ1n) is 13.7. The maximum atomic E-state index is 12.9. The quantitative estimate of drug-likeness (QED) is 0.536. The van der Waals surface area contributed by atoms with Gasteiger partial charge in [-0.25, -0.2) is 0 Å². The second-order valence-corrected chi connectivity index (χ2v) is 12.9. The number of aromatic nitrogens is 2. The molecule has 2 aromatic carbocycles. The monoisotopic (exact) mass is 532 g/mol. The number of fused-ring (bicyclic) bond motifs is 5. The van der Waals surface area contributed by atoms with E-state index in [0.717, 1.165) is 56.0 Å². The molecular formula is C30H33ClN4O3. The number of hydrogen-bond acceptors (Lipinski definition) is 5. The Morgan fingerprint density at radius 3 is 2.58 bits per heavy atom. The molecule has 7 rings (SSSR count). The van der Waals surface area contributed by atoms with Crippen molar-refractivity contribution in [2.24, 2.45) is 5.41 Å². The zero-order chi connectivity index (χ0) is 26.4. The highest BCUT2D eigenvalue weighted by molar-refractivity contribution is 6.35. The summed E-state index contributed by atoms with van der Waals surface area (Å²) in [6.07, 6.45) is 4.69. The van der Waals surface area contributed by atoms with E-state index in [9.17, 15) is 9.59 Å². The van der Waals surface area contributed by atoms with Crippen LogP contribution in [0.1, 0.15) is 62.4 Å². The normalized spacial score (nSPS) is 22.7. The third-order valence-corrected chi connectivity index (χ3v) is 10.0. The molecule has 198 valence electrons. The second kappa shape index (κ2) is 8.38. The summed E-state index contributed by atoms with van der Waals surface area (Å²) in [4.78, 5) is 33.1.